The Kier molecular flexibility index (Phi) is 3.41. The predicted molar refractivity (Wildman–Crippen MR) is 60.9 cm³/mol. The summed E-state index contributed by atoms with van der Waals surface area (Å²) in [5.74, 6) is -1.62. The number of aromatic nitrogens is 1. The molecule has 0 unspecified atom stereocenters. The third-order valence-corrected chi connectivity index (χ3v) is 3.21. The van der Waals surface area contributed by atoms with Gasteiger partial charge in [-0.05, 0) is 25.0 Å². The van der Waals surface area contributed by atoms with E-state index >= 15 is 0 Å². The van der Waals surface area contributed by atoms with Gasteiger partial charge < -0.3 is 10.4 Å². The van der Waals surface area contributed by atoms with Crippen molar-refractivity contribution in [3.63, 3.8) is 0 Å². The van der Waals surface area contributed by atoms with Gasteiger partial charge in [0.2, 0.25) is 0 Å². The van der Waals surface area contributed by atoms with Crippen LogP contribution in [0, 0.1) is 5.41 Å². The molecule has 1 amide bonds. The van der Waals surface area contributed by atoms with Gasteiger partial charge in [0, 0.05) is 12.7 Å². The maximum absolute atomic E-state index is 12.3. The molecule has 2 rings (SSSR count). The highest BCUT2D eigenvalue weighted by Gasteiger charge is 2.50. The molecule has 1 saturated carbocycles. The first-order valence-electron chi connectivity index (χ1n) is 5.79. The minimum atomic E-state index is -4.56. The summed E-state index contributed by atoms with van der Waals surface area (Å²) in [6.45, 7) is -0.0395. The highest BCUT2D eigenvalue weighted by atomic mass is 19.4. The normalized spacial score (nSPS) is 16.6. The maximum Gasteiger partial charge on any atom is 0.433 e. The molecule has 1 fully saturated rings. The summed E-state index contributed by atoms with van der Waals surface area (Å²) in [6, 6.07) is 1.71. The van der Waals surface area contributed by atoms with Crippen LogP contribution >= 0.6 is 0 Å². The monoisotopic (exact) mass is 288 g/mol. The van der Waals surface area contributed by atoms with Crippen LogP contribution in [0.4, 0.5) is 13.2 Å². The Hall–Kier alpha value is -2.12. The lowest BCUT2D eigenvalue weighted by atomic mass is 10.1. The fourth-order valence-electron chi connectivity index (χ4n) is 1.66. The Balaban J connectivity index is 1.98. The van der Waals surface area contributed by atoms with E-state index in [1.165, 1.54) is 0 Å². The molecule has 0 aliphatic heterocycles. The van der Waals surface area contributed by atoms with Crippen LogP contribution in [-0.4, -0.2) is 28.5 Å². The van der Waals surface area contributed by atoms with Gasteiger partial charge in [0.05, 0.1) is 11.0 Å². The van der Waals surface area contributed by atoms with Crippen molar-refractivity contribution in [1.29, 1.82) is 0 Å². The molecule has 1 heterocycles. The van der Waals surface area contributed by atoms with Gasteiger partial charge in [0.25, 0.3) is 5.91 Å². The number of nitrogens with zero attached hydrogens (tertiary/aromatic N) is 1. The van der Waals surface area contributed by atoms with E-state index in [4.69, 9.17) is 5.11 Å². The Bertz CT molecular complexity index is 536. The molecule has 8 heteroatoms. The van der Waals surface area contributed by atoms with E-state index in [2.05, 4.69) is 10.3 Å². The third kappa shape index (κ3) is 2.89. The number of carbonyl (C=O) groups is 2. The minimum Gasteiger partial charge on any atom is -0.481 e. The Morgan fingerprint density at radius 2 is 2.00 bits per heavy atom. The fourth-order valence-corrected chi connectivity index (χ4v) is 1.66. The average molecular weight is 288 g/mol. The van der Waals surface area contributed by atoms with Gasteiger partial charge in [-0.2, -0.15) is 13.2 Å². The third-order valence-electron chi connectivity index (χ3n) is 3.21. The van der Waals surface area contributed by atoms with Crippen LogP contribution < -0.4 is 5.32 Å². The summed E-state index contributed by atoms with van der Waals surface area (Å²) in [5.41, 5.74) is -2.05. The first kappa shape index (κ1) is 14.3. The molecule has 0 radical (unpaired) electrons. The van der Waals surface area contributed by atoms with Crippen molar-refractivity contribution in [1.82, 2.24) is 10.3 Å². The second-order valence-electron chi connectivity index (χ2n) is 4.70. The zero-order chi connectivity index (χ0) is 15.0. The van der Waals surface area contributed by atoms with Crippen molar-refractivity contribution in [3.8, 4) is 0 Å². The van der Waals surface area contributed by atoms with Gasteiger partial charge in [0.15, 0.2) is 0 Å². The lowest BCUT2D eigenvalue weighted by Crippen LogP contribution is -2.34. The number of rotatable bonds is 4. The van der Waals surface area contributed by atoms with Crippen molar-refractivity contribution < 1.29 is 27.9 Å². The number of halogens is 3. The lowest BCUT2D eigenvalue weighted by Gasteiger charge is -2.11. The standard InChI is InChI=1S/C12H11F3N2O3/c13-12(14,15)8-2-1-7(5-16-8)9(18)17-6-11(3-4-11)10(19)20/h1-2,5H,3-4,6H2,(H,17,18)(H,19,20). The van der Waals surface area contributed by atoms with Crippen molar-refractivity contribution in [2.24, 2.45) is 5.41 Å². The molecule has 0 aromatic carbocycles. The number of hydrogen-bond acceptors (Lipinski definition) is 3. The molecular formula is C12H11F3N2O3. The highest BCUT2D eigenvalue weighted by molar-refractivity contribution is 5.94. The van der Waals surface area contributed by atoms with E-state index in [0.29, 0.717) is 18.9 Å². The summed E-state index contributed by atoms with van der Waals surface area (Å²) in [7, 11) is 0. The van der Waals surface area contributed by atoms with Crippen molar-refractivity contribution in [3.05, 3.63) is 29.6 Å². The Labute approximate surface area is 111 Å². The molecule has 1 aromatic rings. The highest BCUT2D eigenvalue weighted by Crippen LogP contribution is 2.45. The number of carboxylic acid groups (broad SMARTS) is 1. The van der Waals surface area contributed by atoms with Crippen LogP contribution in [-0.2, 0) is 11.0 Å². The van der Waals surface area contributed by atoms with Crippen molar-refractivity contribution in [2.75, 3.05) is 6.54 Å². The van der Waals surface area contributed by atoms with E-state index in [1.807, 2.05) is 0 Å². The first-order valence-corrected chi connectivity index (χ1v) is 5.79. The van der Waals surface area contributed by atoms with E-state index in [0.717, 1.165) is 12.3 Å². The molecular weight excluding hydrogens is 277 g/mol. The Morgan fingerprint density at radius 1 is 1.35 bits per heavy atom. The SMILES string of the molecule is O=C(NCC1(C(=O)O)CC1)c1ccc(C(F)(F)F)nc1. The number of nitrogens with one attached hydrogen (secondary N) is 1. The molecule has 1 aliphatic carbocycles. The van der Waals surface area contributed by atoms with Gasteiger partial charge in [-0.25, -0.2) is 0 Å². The van der Waals surface area contributed by atoms with Gasteiger partial charge in [-0.1, -0.05) is 0 Å². The van der Waals surface area contributed by atoms with Gasteiger partial charge in [0.1, 0.15) is 5.69 Å². The molecule has 2 N–H and O–H groups in total. The largest absolute Gasteiger partial charge is 0.481 e. The zero-order valence-corrected chi connectivity index (χ0v) is 10.2. The summed E-state index contributed by atoms with van der Waals surface area (Å²) >= 11 is 0. The van der Waals surface area contributed by atoms with E-state index in [-0.39, 0.29) is 12.1 Å². The number of alkyl halides is 3. The fraction of sp³-hybridized carbons (Fsp3) is 0.417. The van der Waals surface area contributed by atoms with Gasteiger partial charge >= 0.3 is 12.1 Å². The van der Waals surface area contributed by atoms with Crippen LogP contribution in [0.2, 0.25) is 0 Å². The predicted octanol–water partition coefficient (Wildman–Crippen LogP) is 1.69. The van der Waals surface area contributed by atoms with E-state index in [1.54, 1.807) is 0 Å². The first-order chi connectivity index (χ1) is 9.24. The van der Waals surface area contributed by atoms with Crippen molar-refractivity contribution >= 4 is 11.9 Å². The van der Waals surface area contributed by atoms with Crippen LogP contribution in [0.5, 0.6) is 0 Å². The second-order valence-corrected chi connectivity index (χ2v) is 4.70. The topological polar surface area (TPSA) is 79.3 Å². The van der Waals surface area contributed by atoms with Crippen LogP contribution in [0.25, 0.3) is 0 Å². The number of carboxylic acids is 1. The number of hydrogen-bond donors (Lipinski definition) is 2. The molecule has 0 bridgehead atoms. The lowest BCUT2D eigenvalue weighted by molar-refractivity contribution is -0.143. The van der Waals surface area contributed by atoms with Gasteiger partial charge in [-0.3, -0.25) is 14.6 Å². The minimum absolute atomic E-state index is 0.0395. The molecule has 1 aromatic heterocycles. The molecule has 0 atom stereocenters. The number of carbonyl (C=O) groups excluding carboxylic acids is 1. The summed E-state index contributed by atoms with van der Waals surface area (Å²) in [4.78, 5) is 25.7. The van der Waals surface area contributed by atoms with E-state index < -0.39 is 29.2 Å². The molecule has 5 nitrogen and oxygen atoms in total. The number of amides is 1. The molecule has 108 valence electrons. The van der Waals surface area contributed by atoms with Crippen LogP contribution in [0.1, 0.15) is 28.9 Å². The maximum atomic E-state index is 12.3. The number of aliphatic carboxylic acids is 1. The van der Waals surface area contributed by atoms with Crippen molar-refractivity contribution in [2.45, 2.75) is 19.0 Å². The van der Waals surface area contributed by atoms with Gasteiger partial charge in [-0.15, -0.1) is 0 Å². The molecule has 1 aliphatic rings. The summed E-state index contributed by atoms with van der Waals surface area (Å²) in [5, 5.41) is 11.3. The quantitative estimate of drug-likeness (QED) is 0.883. The summed E-state index contributed by atoms with van der Waals surface area (Å²) in [6.07, 6.45) is -2.78. The second kappa shape index (κ2) is 4.77. The van der Waals surface area contributed by atoms with Crippen LogP contribution in [0.15, 0.2) is 18.3 Å². The Morgan fingerprint density at radius 3 is 2.40 bits per heavy atom. The molecule has 0 spiro atoms. The summed E-state index contributed by atoms with van der Waals surface area (Å²) < 4.78 is 36.9. The van der Waals surface area contributed by atoms with Crippen LogP contribution in [0.3, 0.4) is 0 Å². The average Bonchev–Trinajstić information content (AvgIpc) is 3.16. The van der Waals surface area contributed by atoms with E-state index in [9.17, 15) is 22.8 Å². The number of pyridine rings is 1. The smallest absolute Gasteiger partial charge is 0.433 e. The zero-order valence-electron chi connectivity index (χ0n) is 10.2. The molecule has 20 heavy (non-hydrogen) atoms. The molecule has 0 saturated heterocycles.